The molecule has 0 bridgehead atoms. The molecule has 6 heteroatoms. The van der Waals surface area contributed by atoms with E-state index in [1.807, 2.05) is 30.3 Å². The standard InChI is InChI=1S/C28H24BrF2N3/c1-28(2,31)26(22-10-19(15-33)11-25(30)13-22)23-16-34(17-23)27(21-4-3-5-24(29)12-21)20-8-6-18(14-32)7-9-20/h3-13,23,26-27H,16-17H2,1-2H3/t26-,27-/m1/s1. The summed E-state index contributed by atoms with van der Waals surface area (Å²) < 4.78 is 30.6. The fourth-order valence-electron chi connectivity index (χ4n) is 5.09. The van der Waals surface area contributed by atoms with Crippen molar-refractivity contribution in [3.63, 3.8) is 0 Å². The molecule has 2 atom stereocenters. The van der Waals surface area contributed by atoms with E-state index >= 15 is 4.39 Å². The van der Waals surface area contributed by atoms with Gasteiger partial charge in [0.05, 0.1) is 29.3 Å². The molecule has 1 heterocycles. The van der Waals surface area contributed by atoms with Crippen LogP contribution < -0.4 is 0 Å². The molecule has 0 radical (unpaired) electrons. The van der Waals surface area contributed by atoms with Crippen LogP contribution in [-0.4, -0.2) is 23.7 Å². The van der Waals surface area contributed by atoms with Crippen LogP contribution in [0.4, 0.5) is 8.78 Å². The second-order valence-corrected chi connectivity index (χ2v) is 10.2. The summed E-state index contributed by atoms with van der Waals surface area (Å²) in [6.07, 6.45) is 0. The van der Waals surface area contributed by atoms with Crippen LogP contribution in [0.1, 0.15) is 53.6 Å². The van der Waals surface area contributed by atoms with E-state index in [0.717, 1.165) is 15.6 Å². The first-order valence-corrected chi connectivity index (χ1v) is 11.9. The fraction of sp³-hybridized carbons (Fsp3) is 0.286. The number of nitrogens with zero attached hydrogens (tertiary/aromatic N) is 3. The molecule has 0 aromatic heterocycles. The second-order valence-electron chi connectivity index (χ2n) is 9.33. The third-order valence-corrected chi connectivity index (χ3v) is 6.94. The Bertz CT molecular complexity index is 1260. The van der Waals surface area contributed by atoms with Gasteiger partial charge in [0, 0.05) is 23.5 Å². The Morgan fingerprint density at radius 1 is 0.912 bits per heavy atom. The van der Waals surface area contributed by atoms with Gasteiger partial charge in [0.25, 0.3) is 0 Å². The Labute approximate surface area is 207 Å². The smallest absolute Gasteiger partial charge is 0.124 e. The Kier molecular flexibility index (Phi) is 6.84. The number of hydrogen-bond acceptors (Lipinski definition) is 3. The van der Waals surface area contributed by atoms with E-state index in [-0.39, 0.29) is 17.5 Å². The molecule has 172 valence electrons. The minimum Gasteiger partial charge on any atom is -0.292 e. The molecule has 3 nitrogen and oxygen atoms in total. The summed E-state index contributed by atoms with van der Waals surface area (Å²) in [4.78, 5) is 2.27. The summed E-state index contributed by atoms with van der Waals surface area (Å²) in [5.74, 6) is -1.11. The summed E-state index contributed by atoms with van der Waals surface area (Å²) in [6.45, 7) is 4.27. The molecule has 34 heavy (non-hydrogen) atoms. The summed E-state index contributed by atoms with van der Waals surface area (Å²) >= 11 is 3.55. The van der Waals surface area contributed by atoms with Crippen LogP contribution in [-0.2, 0) is 0 Å². The van der Waals surface area contributed by atoms with Gasteiger partial charge in [-0.2, -0.15) is 10.5 Å². The van der Waals surface area contributed by atoms with Crippen molar-refractivity contribution in [2.45, 2.75) is 31.5 Å². The SMILES string of the molecule is CC(C)(F)[C@H](c1cc(F)cc(C#N)c1)C1CN([C@H](c2ccc(C#N)cc2)c2cccc(Br)c2)C1. The second kappa shape index (κ2) is 9.66. The number of nitriles is 2. The highest BCUT2D eigenvalue weighted by atomic mass is 79.9. The van der Waals surface area contributed by atoms with Crippen molar-refractivity contribution in [3.05, 3.63) is 105 Å². The van der Waals surface area contributed by atoms with Crippen molar-refractivity contribution in [1.29, 1.82) is 10.5 Å². The molecule has 4 rings (SSSR count). The number of alkyl halides is 1. The number of halogens is 3. The van der Waals surface area contributed by atoms with Crippen molar-refractivity contribution in [2.24, 2.45) is 5.92 Å². The maximum Gasteiger partial charge on any atom is 0.124 e. The molecule has 1 fully saturated rings. The number of rotatable bonds is 6. The molecule has 0 N–H and O–H groups in total. The van der Waals surface area contributed by atoms with E-state index in [2.05, 4.69) is 39.0 Å². The molecular formula is C28H24BrF2N3. The van der Waals surface area contributed by atoms with E-state index in [0.29, 0.717) is 24.2 Å². The van der Waals surface area contributed by atoms with Crippen LogP contribution >= 0.6 is 15.9 Å². The third kappa shape index (κ3) is 5.04. The normalized spacial score (nSPS) is 16.2. The number of hydrogen-bond donors (Lipinski definition) is 0. The highest BCUT2D eigenvalue weighted by molar-refractivity contribution is 9.10. The van der Waals surface area contributed by atoms with Crippen LogP contribution in [0.15, 0.2) is 71.2 Å². The highest BCUT2D eigenvalue weighted by Crippen LogP contribution is 2.45. The average Bonchev–Trinajstić information content (AvgIpc) is 2.76. The van der Waals surface area contributed by atoms with E-state index in [4.69, 9.17) is 0 Å². The van der Waals surface area contributed by atoms with Crippen molar-refractivity contribution in [2.75, 3.05) is 13.1 Å². The lowest BCUT2D eigenvalue weighted by atomic mass is 9.72. The molecule has 3 aromatic rings. The van der Waals surface area contributed by atoms with Crippen LogP contribution in [0.3, 0.4) is 0 Å². The van der Waals surface area contributed by atoms with Gasteiger partial charge >= 0.3 is 0 Å². The van der Waals surface area contributed by atoms with Gasteiger partial charge in [-0.1, -0.05) is 40.2 Å². The van der Waals surface area contributed by atoms with Gasteiger partial charge in [-0.15, -0.1) is 0 Å². The molecule has 0 saturated carbocycles. The third-order valence-electron chi connectivity index (χ3n) is 6.44. The van der Waals surface area contributed by atoms with Gasteiger partial charge in [0.2, 0.25) is 0 Å². The lowest BCUT2D eigenvalue weighted by Crippen LogP contribution is -2.53. The topological polar surface area (TPSA) is 50.8 Å². The predicted molar refractivity (Wildman–Crippen MR) is 131 cm³/mol. The van der Waals surface area contributed by atoms with Gasteiger partial charge in [0.15, 0.2) is 0 Å². The Morgan fingerprint density at radius 3 is 2.18 bits per heavy atom. The molecule has 1 saturated heterocycles. The van der Waals surface area contributed by atoms with E-state index in [1.54, 1.807) is 18.2 Å². The van der Waals surface area contributed by atoms with Crippen LogP contribution in [0.5, 0.6) is 0 Å². The van der Waals surface area contributed by atoms with Crippen LogP contribution in [0.2, 0.25) is 0 Å². The van der Waals surface area contributed by atoms with E-state index in [1.165, 1.54) is 26.0 Å². The zero-order valence-corrected chi connectivity index (χ0v) is 20.6. The zero-order chi connectivity index (χ0) is 24.5. The maximum absolute atomic E-state index is 15.4. The summed E-state index contributed by atoms with van der Waals surface area (Å²) in [5.41, 5.74) is 1.86. The molecule has 3 aromatic carbocycles. The highest BCUT2D eigenvalue weighted by Gasteiger charge is 2.45. The Morgan fingerprint density at radius 2 is 1.59 bits per heavy atom. The predicted octanol–water partition coefficient (Wildman–Crippen LogP) is 6.88. The van der Waals surface area contributed by atoms with Gasteiger partial charge in [-0.05, 0) is 78.9 Å². The van der Waals surface area contributed by atoms with Gasteiger partial charge in [0.1, 0.15) is 11.5 Å². The van der Waals surface area contributed by atoms with Gasteiger partial charge in [-0.3, -0.25) is 4.90 Å². The number of benzene rings is 3. The minimum atomic E-state index is -1.59. The lowest BCUT2D eigenvalue weighted by molar-refractivity contribution is 0.00811. The summed E-state index contributed by atoms with van der Waals surface area (Å²) in [5, 5.41) is 18.4. The first-order chi connectivity index (χ1) is 16.2. The Hall–Kier alpha value is -3.06. The monoisotopic (exact) mass is 519 g/mol. The molecule has 0 spiro atoms. The largest absolute Gasteiger partial charge is 0.292 e. The molecule has 0 unspecified atom stereocenters. The molecular weight excluding hydrogens is 496 g/mol. The molecule has 1 aliphatic rings. The van der Waals surface area contributed by atoms with Crippen molar-refractivity contribution >= 4 is 15.9 Å². The number of likely N-dealkylation sites (tertiary alicyclic amines) is 1. The lowest BCUT2D eigenvalue weighted by Gasteiger charge is -2.50. The zero-order valence-electron chi connectivity index (χ0n) is 19.0. The fourth-order valence-corrected chi connectivity index (χ4v) is 5.50. The van der Waals surface area contributed by atoms with Crippen molar-refractivity contribution in [3.8, 4) is 12.1 Å². The first-order valence-electron chi connectivity index (χ1n) is 11.1. The maximum atomic E-state index is 15.4. The van der Waals surface area contributed by atoms with E-state index < -0.39 is 17.4 Å². The van der Waals surface area contributed by atoms with E-state index in [9.17, 15) is 14.9 Å². The average molecular weight is 520 g/mol. The van der Waals surface area contributed by atoms with Crippen LogP contribution in [0, 0.1) is 34.4 Å². The molecule has 0 aliphatic carbocycles. The quantitative estimate of drug-likeness (QED) is 0.356. The first kappa shape index (κ1) is 24.1. The molecule has 1 aliphatic heterocycles. The van der Waals surface area contributed by atoms with Gasteiger partial charge in [-0.25, -0.2) is 8.78 Å². The summed E-state index contributed by atoms with van der Waals surface area (Å²) in [7, 11) is 0. The summed E-state index contributed by atoms with van der Waals surface area (Å²) in [6, 6.07) is 23.8. The minimum absolute atomic E-state index is 0.0404. The molecule has 0 amide bonds. The van der Waals surface area contributed by atoms with Gasteiger partial charge < -0.3 is 0 Å². The van der Waals surface area contributed by atoms with Crippen molar-refractivity contribution < 1.29 is 8.78 Å². The Balaban J connectivity index is 1.66. The van der Waals surface area contributed by atoms with Crippen molar-refractivity contribution in [1.82, 2.24) is 4.90 Å². The van der Waals surface area contributed by atoms with Crippen LogP contribution in [0.25, 0.3) is 0 Å².